The summed E-state index contributed by atoms with van der Waals surface area (Å²) in [5.74, 6) is 0.294. The first kappa shape index (κ1) is 8.92. The first-order chi connectivity index (χ1) is 4.04. The summed E-state index contributed by atoms with van der Waals surface area (Å²) in [4.78, 5) is 0. The zero-order valence-corrected chi connectivity index (χ0v) is 6.52. The molecular weight excluding hydrogens is 114 g/mol. The van der Waals surface area contributed by atoms with Gasteiger partial charge in [-0.2, -0.15) is 0 Å². The molecule has 0 aromatic rings. The third-order valence-electron chi connectivity index (χ3n) is 2.09. The molecule has 9 heavy (non-hydrogen) atoms. The van der Waals surface area contributed by atoms with Crippen molar-refractivity contribution in [2.75, 3.05) is 6.54 Å². The number of nitrogens with two attached hydrogens (primary N) is 1. The van der Waals surface area contributed by atoms with Gasteiger partial charge in [-0.15, -0.1) is 0 Å². The van der Waals surface area contributed by atoms with Crippen LogP contribution in [0.4, 0.5) is 0 Å². The van der Waals surface area contributed by atoms with Crippen LogP contribution in [-0.4, -0.2) is 17.3 Å². The Morgan fingerprint density at radius 1 is 1.67 bits per heavy atom. The highest BCUT2D eigenvalue weighted by atomic mass is 16.3. The Bertz CT molecular complexity index is 81.0. The standard InChI is InChI=1S/C7H17NO/c1-4-6(2)7(3,9)5-8/h6,9H,4-5,8H2,1-3H3. The summed E-state index contributed by atoms with van der Waals surface area (Å²) in [5.41, 5.74) is 4.66. The number of hydrogen-bond donors (Lipinski definition) is 2. The van der Waals surface area contributed by atoms with Crippen molar-refractivity contribution in [2.45, 2.75) is 32.8 Å². The average molecular weight is 131 g/mol. The van der Waals surface area contributed by atoms with E-state index in [0.717, 1.165) is 6.42 Å². The largest absolute Gasteiger partial charge is 0.389 e. The Kier molecular flexibility index (Phi) is 3.15. The fourth-order valence-electron chi connectivity index (χ4n) is 0.641. The van der Waals surface area contributed by atoms with Gasteiger partial charge in [0.15, 0.2) is 0 Å². The average Bonchev–Trinajstić information content (AvgIpc) is 1.86. The molecule has 0 aromatic carbocycles. The molecule has 0 radical (unpaired) electrons. The predicted octanol–water partition coefficient (Wildman–Crippen LogP) is 0.742. The molecule has 2 heteroatoms. The van der Waals surface area contributed by atoms with Crippen LogP contribution < -0.4 is 5.73 Å². The molecule has 0 spiro atoms. The van der Waals surface area contributed by atoms with E-state index in [-0.39, 0.29) is 0 Å². The lowest BCUT2D eigenvalue weighted by atomic mass is 9.89. The van der Waals surface area contributed by atoms with Gasteiger partial charge in [0.05, 0.1) is 5.60 Å². The van der Waals surface area contributed by atoms with Crippen LogP contribution in [0.3, 0.4) is 0 Å². The first-order valence-corrected chi connectivity index (χ1v) is 3.47. The van der Waals surface area contributed by atoms with E-state index in [9.17, 15) is 5.11 Å². The lowest BCUT2D eigenvalue weighted by Crippen LogP contribution is -2.40. The molecule has 2 unspecified atom stereocenters. The monoisotopic (exact) mass is 131 g/mol. The van der Waals surface area contributed by atoms with Gasteiger partial charge in [0.2, 0.25) is 0 Å². The van der Waals surface area contributed by atoms with E-state index in [1.807, 2.05) is 6.92 Å². The minimum Gasteiger partial charge on any atom is -0.389 e. The summed E-state index contributed by atoms with van der Waals surface area (Å²) in [5, 5.41) is 9.47. The van der Waals surface area contributed by atoms with Crippen molar-refractivity contribution < 1.29 is 5.11 Å². The maximum absolute atomic E-state index is 9.47. The Morgan fingerprint density at radius 3 is 2.22 bits per heavy atom. The van der Waals surface area contributed by atoms with Crippen molar-refractivity contribution in [2.24, 2.45) is 11.7 Å². The lowest BCUT2D eigenvalue weighted by Gasteiger charge is -2.27. The maximum atomic E-state index is 9.47. The molecule has 0 fully saturated rings. The van der Waals surface area contributed by atoms with Gasteiger partial charge >= 0.3 is 0 Å². The maximum Gasteiger partial charge on any atom is 0.0766 e. The highest BCUT2D eigenvalue weighted by molar-refractivity contribution is 4.78. The van der Waals surface area contributed by atoms with Crippen LogP contribution in [0.2, 0.25) is 0 Å². The SMILES string of the molecule is CCC(C)C(C)(O)CN. The van der Waals surface area contributed by atoms with Crippen LogP contribution in [0.5, 0.6) is 0 Å². The topological polar surface area (TPSA) is 46.2 Å². The minimum atomic E-state index is -0.672. The molecule has 2 atom stereocenters. The molecule has 3 N–H and O–H groups in total. The van der Waals surface area contributed by atoms with Crippen molar-refractivity contribution in [1.82, 2.24) is 0 Å². The quantitative estimate of drug-likeness (QED) is 0.593. The van der Waals surface area contributed by atoms with Gasteiger partial charge in [0.25, 0.3) is 0 Å². The van der Waals surface area contributed by atoms with Gasteiger partial charge in [-0.1, -0.05) is 20.3 Å². The van der Waals surface area contributed by atoms with E-state index >= 15 is 0 Å². The third kappa shape index (κ3) is 2.33. The zero-order chi connectivity index (χ0) is 7.49. The van der Waals surface area contributed by atoms with Crippen LogP contribution in [0.15, 0.2) is 0 Å². The van der Waals surface area contributed by atoms with E-state index in [2.05, 4.69) is 6.92 Å². The first-order valence-electron chi connectivity index (χ1n) is 3.47. The van der Waals surface area contributed by atoms with Gasteiger partial charge in [-0.3, -0.25) is 0 Å². The van der Waals surface area contributed by atoms with Crippen molar-refractivity contribution in [3.8, 4) is 0 Å². The van der Waals surface area contributed by atoms with Crippen LogP contribution in [0.1, 0.15) is 27.2 Å². The fourth-order valence-corrected chi connectivity index (χ4v) is 0.641. The smallest absolute Gasteiger partial charge is 0.0766 e. The van der Waals surface area contributed by atoms with Gasteiger partial charge in [-0.05, 0) is 12.8 Å². The van der Waals surface area contributed by atoms with E-state index in [1.54, 1.807) is 6.92 Å². The Balaban J connectivity index is 3.80. The molecule has 0 bridgehead atoms. The summed E-state index contributed by atoms with van der Waals surface area (Å²) >= 11 is 0. The van der Waals surface area contributed by atoms with Crippen molar-refractivity contribution in [3.63, 3.8) is 0 Å². The molecule has 0 saturated carbocycles. The molecule has 0 aliphatic rings. The van der Waals surface area contributed by atoms with E-state index in [0.29, 0.717) is 12.5 Å². The predicted molar refractivity (Wildman–Crippen MR) is 39.1 cm³/mol. The summed E-state index contributed by atoms with van der Waals surface area (Å²) in [6.45, 7) is 6.19. The van der Waals surface area contributed by atoms with Crippen LogP contribution in [0.25, 0.3) is 0 Å². The highest BCUT2D eigenvalue weighted by Crippen LogP contribution is 2.17. The van der Waals surface area contributed by atoms with E-state index in [4.69, 9.17) is 5.73 Å². The fraction of sp³-hybridized carbons (Fsp3) is 1.00. The van der Waals surface area contributed by atoms with Gasteiger partial charge in [-0.25, -0.2) is 0 Å². The van der Waals surface area contributed by atoms with E-state index in [1.165, 1.54) is 0 Å². The van der Waals surface area contributed by atoms with Crippen molar-refractivity contribution >= 4 is 0 Å². The van der Waals surface area contributed by atoms with Crippen LogP contribution in [0, 0.1) is 5.92 Å². The van der Waals surface area contributed by atoms with Crippen molar-refractivity contribution in [1.29, 1.82) is 0 Å². The van der Waals surface area contributed by atoms with Gasteiger partial charge < -0.3 is 10.8 Å². The summed E-state index contributed by atoms with van der Waals surface area (Å²) < 4.78 is 0. The number of aliphatic hydroxyl groups is 1. The lowest BCUT2D eigenvalue weighted by molar-refractivity contribution is 0.0135. The van der Waals surface area contributed by atoms with E-state index < -0.39 is 5.60 Å². The Morgan fingerprint density at radius 2 is 2.11 bits per heavy atom. The molecule has 0 aromatic heterocycles. The third-order valence-corrected chi connectivity index (χ3v) is 2.09. The highest BCUT2D eigenvalue weighted by Gasteiger charge is 2.24. The minimum absolute atomic E-state index is 0.294. The second kappa shape index (κ2) is 3.18. The van der Waals surface area contributed by atoms with Crippen molar-refractivity contribution in [3.05, 3.63) is 0 Å². The number of hydrogen-bond acceptors (Lipinski definition) is 2. The molecule has 56 valence electrons. The van der Waals surface area contributed by atoms with Gasteiger partial charge in [0.1, 0.15) is 0 Å². The molecule has 2 nitrogen and oxygen atoms in total. The summed E-state index contributed by atoms with van der Waals surface area (Å²) in [7, 11) is 0. The zero-order valence-electron chi connectivity index (χ0n) is 6.52. The molecule has 0 heterocycles. The number of rotatable bonds is 3. The summed E-state index contributed by atoms with van der Waals surface area (Å²) in [6.07, 6.45) is 0.976. The summed E-state index contributed by atoms with van der Waals surface area (Å²) in [6, 6.07) is 0. The second-order valence-electron chi connectivity index (χ2n) is 2.87. The molecular formula is C7H17NO. The molecule has 0 aliphatic carbocycles. The Labute approximate surface area is 57.1 Å². The molecule has 0 rings (SSSR count). The molecule has 0 saturated heterocycles. The van der Waals surface area contributed by atoms with Gasteiger partial charge in [0, 0.05) is 6.54 Å². The second-order valence-corrected chi connectivity index (χ2v) is 2.87. The Hall–Kier alpha value is -0.0800. The normalized spacial score (nSPS) is 21.0. The molecule has 0 amide bonds. The van der Waals surface area contributed by atoms with Crippen LogP contribution >= 0.6 is 0 Å². The van der Waals surface area contributed by atoms with Crippen LogP contribution in [-0.2, 0) is 0 Å². The molecule has 0 aliphatic heterocycles.